The summed E-state index contributed by atoms with van der Waals surface area (Å²) in [5, 5.41) is 0. The number of unbranched alkanes of at least 4 members (excludes halogenated alkanes) is 2. The Hall–Kier alpha value is -0.0800. The van der Waals surface area contributed by atoms with Gasteiger partial charge in [-0.1, -0.05) is 33.1 Å². The maximum atomic E-state index is 2.73. The van der Waals surface area contributed by atoms with E-state index in [0.717, 1.165) is 12.1 Å². The van der Waals surface area contributed by atoms with Crippen molar-refractivity contribution >= 4 is 0 Å². The summed E-state index contributed by atoms with van der Waals surface area (Å²) in [6, 6.07) is 1.56. The van der Waals surface area contributed by atoms with E-state index in [9.17, 15) is 0 Å². The molecule has 1 unspecified atom stereocenters. The highest BCUT2D eigenvalue weighted by Crippen LogP contribution is 2.16. The lowest BCUT2D eigenvalue weighted by atomic mass is 10.0. The second-order valence-corrected chi connectivity index (χ2v) is 5.72. The molecule has 1 atom stereocenters. The lowest BCUT2D eigenvalue weighted by Gasteiger charge is -2.40. The highest BCUT2D eigenvalue weighted by molar-refractivity contribution is 4.79. The quantitative estimate of drug-likeness (QED) is 0.630. The van der Waals surface area contributed by atoms with Gasteiger partial charge < -0.3 is 0 Å². The normalized spacial score (nSPS) is 21.0. The van der Waals surface area contributed by atoms with Gasteiger partial charge in [0, 0.05) is 38.3 Å². The molecule has 0 saturated carbocycles. The molecule has 1 heterocycles. The molecule has 1 aliphatic rings. The lowest BCUT2D eigenvalue weighted by molar-refractivity contribution is 0.0725. The fourth-order valence-corrected chi connectivity index (χ4v) is 2.89. The van der Waals surface area contributed by atoms with Crippen LogP contribution in [0.4, 0.5) is 0 Å². The van der Waals surface area contributed by atoms with E-state index in [4.69, 9.17) is 0 Å². The van der Waals surface area contributed by atoms with E-state index in [1.165, 1.54) is 58.3 Å². The van der Waals surface area contributed by atoms with Gasteiger partial charge in [0.25, 0.3) is 0 Å². The number of hydrogen-bond acceptors (Lipinski definition) is 2. The van der Waals surface area contributed by atoms with Gasteiger partial charge in [0.1, 0.15) is 0 Å². The van der Waals surface area contributed by atoms with E-state index in [2.05, 4.69) is 37.5 Å². The fraction of sp³-hybridized carbons (Fsp3) is 1.00. The first-order valence-electron chi connectivity index (χ1n) is 7.67. The van der Waals surface area contributed by atoms with Crippen LogP contribution in [-0.4, -0.2) is 48.1 Å². The van der Waals surface area contributed by atoms with Gasteiger partial charge in [0.05, 0.1) is 0 Å². The number of hydrogen-bond donors (Lipinski definition) is 0. The van der Waals surface area contributed by atoms with Crippen LogP contribution in [0.15, 0.2) is 0 Å². The summed E-state index contributed by atoms with van der Waals surface area (Å²) in [4.78, 5) is 5.34. The molecule has 0 spiro atoms. The minimum absolute atomic E-state index is 0.720. The van der Waals surface area contributed by atoms with Crippen molar-refractivity contribution in [2.45, 2.75) is 71.9 Å². The number of rotatable bonds is 7. The Labute approximate surface area is 108 Å². The van der Waals surface area contributed by atoms with Crippen molar-refractivity contribution in [3.63, 3.8) is 0 Å². The Balaban J connectivity index is 2.29. The Morgan fingerprint density at radius 1 is 0.882 bits per heavy atom. The minimum Gasteiger partial charge on any atom is -0.298 e. The molecule has 0 amide bonds. The van der Waals surface area contributed by atoms with E-state index >= 15 is 0 Å². The van der Waals surface area contributed by atoms with Crippen LogP contribution in [0, 0.1) is 0 Å². The second kappa shape index (κ2) is 8.10. The summed E-state index contributed by atoms with van der Waals surface area (Å²) in [5.74, 6) is 0. The molecule has 17 heavy (non-hydrogen) atoms. The fourth-order valence-electron chi connectivity index (χ4n) is 2.89. The molecule has 0 aromatic heterocycles. The van der Waals surface area contributed by atoms with Gasteiger partial charge >= 0.3 is 0 Å². The Morgan fingerprint density at radius 2 is 1.47 bits per heavy atom. The number of piperazine rings is 1. The molecular weight excluding hydrogens is 208 g/mol. The number of nitrogens with zero attached hydrogens (tertiary/aromatic N) is 2. The summed E-state index contributed by atoms with van der Waals surface area (Å²) in [5.41, 5.74) is 0. The molecule has 1 rings (SSSR count). The standard InChI is InChI=1S/C15H32N2/c1-5-7-8-9-15(6-2)17-12-10-16(11-13-17)14(3)4/h14-15H,5-13H2,1-4H3. The largest absolute Gasteiger partial charge is 0.298 e. The van der Waals surface area contributed by atoms with Crippen LogP contribution in [0.1, 0.15) is 59.8 Å². The molecule has 1 aliphatic heterocycles. The van der Waals surface area contributed by atoms with Gasteiger partial charge in [-0.15, -0.1) is 0 Å². The SMILES string of the molecule is CCCCCC(CC)N1CCN(C(C)C)CC1. The predicted octanol–water partition coefficient (Wildman–Crippen LogP) is 3.37. The first kappa shape index (κ1) is 15.0. The minimum atomic E-state index is 0.720. The highest BCUT2D eigenvalue weighted by Gasteiger charge is 2.23. The van der Waals surface area contributed by atoms with Crippen LogP contribution in [-0.2, 0) is 0 Å². The first-order valence-corrected chi connectivity index (χ1v) is 7.67. The zero-order chi connectivity index (χ0) is 12.7. The average Bonchev–Trinajstić information content (AvgIpc) is 2.35. The van der Waals surface area contributed by atoms with Crippen LogP contribution in [0.5, 0.6) is 0 Å². The van der Waals surface area contributed by atoms with E-state index in [0.29, 0.717) is 0 Å². The zero-order valence-electron chi connectivity index (χ0n) is 12.4. The third-order valence-corrected chi connectivity index (χ3v) is 4.21. The van der Waals surface area contributed by atoms with Crippen molar-refractivity contribution < 1.29 is 0 Å². The zero-order valence-corrected chi connectivity index (χ0v) is 12.4. The molecule has 0 aromatic rings. The molecule has 2 heteroatoms. The first-order chi connectivity index (χ1) is 8.19. The van der Waals surface area contributed by atoms with Crippen molar-refractivity contribution in [1.82, 2.24) is 9.80 Å². The topological polar surface area (TPSA) is 6.48 Å². The van der Waals surface area contributed by atoms with Crippen molar-refractivity contribution in [1.29, 1.82) is 0 Å². The molecule has 0 aromatic carbocycles. The molecule has 0 radical (unpaired) electrons. The van der Waals surface area contributed by atoms with Gasteiger partial charge in [-0.05, 0) is 26.7 Å². The van der Waals surface area contributed by atoms with Crippen LogP contribution >= 0.6 is 0 Å². The Morgan fingerprint density at radius 3 is 1.94 bits per heavy atom. The summed E-state index contributed by atoms with van der Waals surface area (Å²) in [6.45, 7) is 14.4. The van der Waals surface area contributed by atoms with Crippen LogP contribution in [0.2, 0.25) is 0 Å². The van der Waals surface area contributed by atoms with Crippen LogP contribution < -0.4 is 0 Å². The van der Waals surface area contributed by atoms with Gasteiger partial charge in [0.15, 0.2) is 0 Å². The maximum absolute atomic E-state index is 2.73. The third kappa shape index (κ3) is 4.97. The summed E-state index contributed by atoms with van der Waals surface area (Å²) < 4.78 is 0. The molecule has 102 valence electrons. The molecule has 0 bridgehead atoms. The lowest BCUT2D eigenvalue weighted by Crippen LogP contribution is -2.51. The van der Waals surface area contributed by atoms with Gasteiger partial charge in [-0.2, -0.15) is 0 Å². The van der Waals surface area contributed by atoms with Crippen molar-refractivity contribution in [2.75, 3.05) is 26.2 Å². The average molecular weight is 240 g/mol. The predicted molar refractivity (Wildman–Crippen MR) is 76.5 cm³/mol. The van der Waals surface area contributed by atoms with Gasteiger partial charge in [0.2, 0.25) is 0 Å². The van der Waals surface area contributed by atoms with Crippen molar-refractivity contribution in [3.8, 4) is 0 Å². The van der Waals surface area contributed by atoms with Gasteiger partial charge in [-0.25, -0.2) is 0 Å². The molecule has 0 N–H and O–H groups in total. The van der Waals surface area contributed by atoms with Crippen LogP contribution in [0.25, 0.3) is 0 Å². The Kier molecular flexibility index (Phi) is 7.14. The van der Waals surface area contributed by atoms with Crippen molar-refractivity contribution in [3.05, 3.63) is 0 Å². The smallest absolute Gasteiger partial charge is 0.0113 e. The molecule has 2 nitrogen and oxygen atoms in total. The van der Waals surface area contributed by atoms with Crippen molar-refractivity contribution in [2.24, 2.45) is 0 Å². The molecule has 1 saturated heterocycles. The van der Waals surface area contributed by atoms with Gasteiger partial charge in [-0.3, -0.25) is 9.80 Å². The van der Waals surface area contributed by atoms with E-state index < -0.39 is 0 Å². The molecule has 0 aliphatic carbocycles. The van der Waals surface area contributed by atoms with E-state index in [1.807, 2.05) is 0 Å². The monoisotopic (exact) mass is 240 g/mol. The summed E-state index contributed by atoms with van der Waals surface area (Å²) >= 11 is 0. The second-order valence-electron chi connectivity index (χ2n) is 5.72. The molecular formula is C15H32N2. The third-order valence-electron chi connectivity index (χ3n) is 4.21. The molecule has 1 fully saturated rings. The summed E-state index contributed by atoms with van der Waals surface area (Å²) in [7, 11) is 0. The van der Waals surface area contributed by atoms with E-state index in [1.54, 1.807) is 0 Å². The maximum Gasteiger partial charge on any atom is 0.0113 e. The summed E-state index contributed by atoms with van der Waals surface area (Å²) in [6.07, 6.45) is 6.90. The highest BCUT2D eigenvalue weighted by atomic mass is 15.3. The Bertz CT molecular complexity index is 183. The van der Waals surface area contributed by atoms with E-state index in [-0.39, 0.29) is 0 Å². The van der Waals surface area contributed by atoms with Crippen LogP contribution in [0.3, 0.4) is 0 Å².